The molecule has 17 heavy (non-hydrogen) atoms. The number of hydrogen-bond acceptors (Lipinski definition) is 6. The van der Waals surface area contributed by atoms with Crippen molar-refractivity contribution in [3.8, 4) is 0 Å². The van der Waals surface area contributed by atoms with Gasteiger partial charge in [-0.2, -0.15) is 0 Å². The zero-order valence-electron chi connectivity index (χ0n) is 9.80. The molecule has 0 amide bonds. The summed E-state index contributed by atoms with van der Waals surface area (Å²) in [6.45, 7) is 2.86. The van der Waals surface area contributed by atoms with E-state index in [4.69, 9.17) is 0 Å². The molecular weight excluding hydrogens is 252 g/mol. The summed E-state index contributed by atoms with van der Waals surface area (Å²) < 4.78 is 0. The highest BCUT2D eigenvalue weighted by molar-refractivity contribution is 7.98. The van der Waals surface area contributed by atoms with Crippen LogP contribution in [-0.4, -0.2) is 27.8 Å². The van der Waals surface area contributed by atoms with Crippen LogP contribution >= 0.6 is 23.1 Å². The minimum Gasteiger partial charge on any atom is -0.370 e. The highest BCUT2D eigenvalue weighted by Crippen LogP contribution is 2.14. The summed E-state index contributed by atoms with van der Waals surface area (Å²) in [6.07, 6.45) is 4.52. The van der Waals surface area contributed by atoms with Crippen LogP contribution in [0.3, 0.4) is 0 Å². The van der Waals surface area contributed by atoms with Crippen LogP contribution < -0.4 is 5.32 Å². The van der Waals surface area contributed by atoms with Crippen molar-refractivity contribution in [3.63, 3.8) is 0 Å². The van der Waals surface area contributed by atoms with Crippen molar-refractivity contribution in [1.82, 2.24) is 15.0 Å². The molecule has 0 atom stereocenters. The Morgan fingerprint density at radius 1 is 1.41 bits per heavy atom. The SMILES string of the molecule is CSc1cc(NCCc2nc(C)cs2)ncn1. The van der Waals surface area contributed by atoms with Gasteiger partial charge in [0.25, 0.3) is 0 Å². The van der Waals surface area contributed by atoms with Gasteiger partial charge in [-0.05, 0) is 13.2 Å². The molecule has 2 rings (SSSR count). The molecule has 0 aliphatic carbocycles. The summed E-state index contributed by atoms with van der Waals surface area (Å²) in [4.78, 5) is 12.7. The fourth-order valence-corrected chi connectivity index (χ4v) is 2.52. The minimum atomic E-state index is 0.845. The zero-order valence-corrected chi connectivity index (χ0v) is 11.4. The highest BCUT2D eigenvalue weighted by Gasteiger charge is 2.00. The second-order valence-electron chi connectivity index (χ2n) is 3.51. The van der Waals surface area contributed by atoms with Gasteiger partial charge in [0.2, 0.25) is 0 Å². The summed E-state index contributed by atoms with van der Waals surface area (Å²) in [5.41, 5.74) is 1.09. The van der Waals surface area contributed by atoms with Gasteiger partial charge in [0.1, 0.15) is 17.2 Å². The third kappa shape index (κ3) is 3.67. The van der Waals surface area contributed by atoms with E-state index in [1.807, 2.05) is 19.2 Å². The van der Waals surface area contributed by atoms with Crippen LogP contribution in [0.25, 0.3) is 0 Å². The number of aromatic nitrogens is 3. The minimum absolute atomic E-state index is 0.845. The van der Waals surface area contributed by atoms with Crippen LogP contribution in [0.15, 0.2) is 22.8 Å². The van der Waals surface area contributed by atoms with Gasteiger partial charge in [-0.15, -0.1) is 23.1 Å². The third-order valence-corrected chi connectivity index (χ3v) is 3.83. The first-order valence-corrected chi connectivity index (χ1v) is 7.39. The molecule has 0 saturated carbocycles. The molecule has 0 fully saturated rings. The van der Waals surface area contributed by atoms with Crippen LogP contribution in [0.5, 0.6) is 0 Å². The quantitative estimate of drug-likeness (QED) is 0.666. The number of nitrogens with one attached hydrogen (secondary N) is 1. The number of rotatable bonds is 5. The van der Waals surface area contributed by atoms with Gasteiger partial charge in [0, 0.05) is 30.1 Å². The second kappa shape index (κ2) is 5.97. The fourth-order valence-electron chi connectivity index (χ4n) is 1.36. The second-order valence-corrected chi connectivity index (χ2v) is 5.27. The van der Waals surface area contributed by atoms with Crippen LogP contribution in [0.1, 0.15) is 10.7 Å². The van der Waals surface area contributed by atoms with E-state index in [0.29, 0.717) is 0 Å². The molecule has 0 unspecified atom stereocenters. The van der Waals surface area contributed by atoms with Gasteiger partial charge in [0.05, 0.1) is 5.01 Å². The molecule has 0 radical (unpaired) electrons. The molecule has 0 aromatic carbocycles. The molecule has 0 aliphatic rings. The molecule has 0 bridgehead atoms. The van der Waals surface area contributed by atoms with Crippen LogP contribution in [0, 0.1) is 6.92 Å². The number of aryl methyl sites for hydroxylation is 1. The molecule has 2 aromatic heterocycles. The summed E-state index contributed by atoms with van der Waals surface area (Å²) in [5.74, 6) is 0.873. The molecule has 2 aromatic rings. The number of hydrogen-bond donors (Lipinski definition) is 1. The molecule has 0 saturated heterocycles. The Balaban J connectivity index is 1.85. The van der Waals surface area contributed by atoms with Crippen molar-refractivity contribution in [1.29, 1.82) is 0 Å². The van der Waals surface area contributed by atoms with Crippen molar-refractivity contribution in [2.45, 2.75) is 18.4 Å². The lowest BCUT2D eigenvalue weighted by atomic mass is 10.4. The van der Waals surface area contributed by atoms with E-state index in [9.17, 15) is 0 Å². The molecular formula is C11H14N4S2. The van der Waals surface area contributed by atoms with Gasteiger partial charge < -0.3 is 5.32 Å². The van der Waals surface area contributed by atoms with E-state index in [0.717, 1.165) is 34.5 Å². The number of nitrogens with zero attached hydrogens (tertiary/aromatic N) is 3. The Morgan fingerprint density at radius 3 is 3.00 bits per heavy atom. The zero-order chi connectivity index (χ0) is 12.1. The smallest absolute Gasteiger partial charge is 0.130 e. The number of anilines is 1. The maximum atomic E-state index is 4.42. The summed E-state index contributed by atoms with van der Waals surface area (Å²) >= 11 is 3.32. The van der Waals surface area contributed by atoms with Gasteiger partial charge in [0.15, 0.2) is 0 Å². The summed E-state index contributed by atoms with van der Waals surface area (Å²) in [5, 5.41) is 7.50. The Kier molecular flexibility index (Phi) is 4.33. The maximum Gasteiger partial charge on any atom is 0.130 e. The summed E-state index contributed by atoms with van der Waals surface area (Å²) in [7, 11) is 0. The summed E-state index contributed by atoms with van der Waals surface area (Å²) in [6, 6.07) is 1.96. The average Bonchev–Trinajstić information content (AvgIpc) is 2.75. The largest absolute Gasteiger partial charge is 0.370 e. The van der Waals surface area contributed by atoms with Gasteiger partial charge in [-0.3, -0.25) is 0 Å². The van der Waals surface area contributed by atoms with E-state index in [1.165, 1.54) is 0 Å². The lowest BCUT2D eigenvalue weighted by molar-refractivity contribution is 0.962. The topological polar surface area (TPSA) is 50.7 Å². The fraction of sp³-hybridized carbons (Fsp3) is 0.364. The lowest BCUT2D eigenvalue weighted by Gasteiger charge is -2.04. The van der Waals surface area contributed by atoms with Crippen molar-refractivity contribution < 1.29 is 0 Å². The molecule has 6 heteroatoms. The normalized spacial score (nSPS) is 10.5. The third-order valence-electron chi connectivity index (χ3n) is 2.16. The monoisotopic (exact) mass is 266 g/mol. The average molecular weight is 266 g/mol. The van der Waals surface area contributed by atoms with E-state index in [-0.39, 0.29) is 0 Å². The molecule has 2 heterocycles. The molecule has 1 N–H and O–H groups in total. The van der Waals surface area contributed by atoms with Crippen LogP contribution in [0.2, 0.25) is 0 Å². The Hall–Kier alpha value is -1.14. The van der Waals surface area contributed by atoms with Gasteiger partial charge in [-0.1, -0.05) is 0 Å². The first-order valence-electron chi connectivity index (χ1n) is 5.29. The lowest BCUT2D eigenvalue weighted by Crippen LogP contribution is -2.06. The number of thiazole rings is 1. The van der Waals surface area contributed by atoms with Crippen LogP contribution in [0.4, 0.5) is 5.82 Å². The van der Waals surface area contributed by atoms with Crippen molar-refractivity contribution in [2.24, 2.45) is 0 Å². The molecule has 0 spiro atoms. The Bertz CT molecular complexity index is 484. The highest BCUT2D eigenvalue weighted by atomic mass is 32.2. The van der Waals surface area contributed by atoms with Crippen molar-refractivity contribution in [2.75, 3.05) is 18.1 Å². The number of thioether (sulfide) groups is 1. The predicted octanol–water partition coefficient (Wildman–Crippen LogP) is 2.62. The van der Waals surface area contributed by atoms with Crippen molar-refractivity contribution >= 4 is 28.9 Å². The maximum absolute atomic E-state index is 4.42. The Labute approximate surface area is 109 Å². The van der Waals surface area contributed by atoms with Crippen LogP contribution in [-0.2, 0) is 6.42 Å². The predicted molar refractivity (Wildman–Crippen MR) is 72.9 cm³/mol. The Morgan fingerprint density at radius 2 is 2.29 bits per heavy atom. The van der Waals surface area contributed by atoms with Gasteiger partial charge >= 0.3 is 0 Å². The van der Waals surface area contributed by atoms with E-state index in [1.54, 1.807) is 29.4 Å². The standard InChI is InChI=1S/C11H14N4S2/c1-8-6-17-10(15-8)3-4-12-9-5-11(16-2)14-7-13-9/h5-7H,3-4H2,1-2H3,(H,12,13,14). The molecule has 4 nitrogen and oxygen atoms in total. The first kappa shape index (κ1) is 12.3. The molecule has 90 valence electrons. The van der Waals surface area contributed by atoms with Crippen molar-refractivity contribution in [3.05, 3.63) is 28.5 Å². The van der Waals surface area contributed by atoms with E-state index >= 15 is 0 Å². The van der Waals surface area contributed by atoms with E-state index < -0.39 is 0 Å². The van der Waals surface area contributed by atoms with E-state index in [2.05, 4.69) is 25.6 Å². The van der Waals surface area contributed by atoms with Gasteiger partial charge in [-0.25, -0.2) is 15.0 Å². The molecule has 0 aliphatic heterocycles. The first-order chi connectivity index (χ1) is 8.28.